The molecule has 4 nitrogen and oxygen atoms in total. The van der Waals surface area contributed by atoms with Gasteiger partial charge >= 0.3 is 5.97 Å². The van der Waals surface area contributed by atoms with Gasteiger partial charge in [0.05, 0.1) is 5.56 Å². The molecule has 0 unspecified atom stereocenters. The average molecular weight is 304 g/mol. The van der Waals surface area contributed by atoms with Crippen LogP contribution in [0.2, 0.25) is 0 Å². The summed E-state index contributed by atoms with van der Waals surface area (Å²) in [4.78, 5) is 11.9. The number of hydrogen-bond donors (Lipinski definition) is 1. The summed E-state index contributed by atoms with van der Waals surface area (Å²) in [5, 5.41) is 8.90. The fourth-order valence-corrected chi connectivity index (χ4v) is 2.31. The van der Waals surface area contributed by atoms with Gasteiger partial charge in [0.25, 0.3) is 0 Å². The second-order valence-corrected chi connectivity index (χ2v) is 5.03. The van der Waals surface area contributed by atoms with Gasteiger partial charge in [0.15, 0.2) is 0 Å². The van der Waals surface area contributed by atoms with Crippen LogP contribution < -0.4 is 9.47 Å². The quantitative estimate of drug-likeness (QED) is 0.626. The fraction of sp³-hybridized carbons (Fsp3) is 0.188. The summed E-state index contributed by atoms with van der Waals surface area (Å²) in [6.45, 7) is 0.751. The van der Waals surface area contributed by atoms with Gasteiger partial charge < -0.3 is 14.6 Å². The molecule has 0 aromatic heterocycles. The Balaban J connectivity index is 1.85. The third kappa shape index (κ3) is 4.43. The molecule has 0 aliphatic carbocycles. The molecule has 5 heteroatoms. The highest BCUT2D eigenvalue weighted by molar-refractivity contribution is 7.98. The van der Waals surface area contributed by atoms with E-state index in [1.165, 1.54) is 12.1 Å². The van der Waals surface area contributed by atoms with Crippen LogP contribution in [0.1, 0.15) is 10.4 Å². The zero-order chi connectivity index (χ0) is 15.1. The Kier molecular flexibility index (Phi) is 5.51. The minimum atomic E-state index is -0.967. The Morgan fingerprint density at radius 2 is 1.86 bits per heavy atom. The molecule has 0 aliphatic rings. The van der Waals surface area contributed by atoms with Crippen molar-refractivity contribution in [3.05, 3.63) is 54.1 Å². The first kappa shape index (κ1) is 15.3. The van der Waals surface area contributed by atoms with Crippen LogP contribution in [0.15, 0.2) is 53.4 Å². The van der Waals surface area contributed by atoms with E-state index in [2.05, 4.69) is 0 Å². The molecule has 0 spiro atoms. The number of aromatic carboxylic acids is 1. The van der Waals surface area contributed by atoms with Crippen molar-refractivity contribution in [3.63, 3.8) is 0 Å². The molecule has 2 aromatic rings. The first-order valence-corrected chi connectivity index (χ1v) is 7.65. The van der Waals surface area contributed by atoms with Gasteiger partial charge in [-0.15, -0.1) is 11.8 Å². The Morgan fingerprint density at radius 3 is 2.62 bits per heavy atom. The number of benzene rings is 2. The number of thioether (sulfide) groups is 1. The molecule has 0 fully saturated rings. The SMILES string of the molecule is CSc1ccccc1OCCOc1cccc(C(=O)O)c1. The molecule has 0 radical (unpaired) electrons. The third-order valence-electron chi connectivity index (χ3n) is 2.76. The van der Waals surface area contributed by atoms with Gasteiger partial charge in [-0.25, -0.2) is 4.79 Å². The van der Waals surface area contributed by atoms with Crippen molar-refractivity contribution in [2.45, 2.75) is 4.90 Å². The molecule has 21 heavy (non-hydrogen) atoms. The Bertz CT molecular complexity index is 613. The van der Waals surface area contributed by atoms with Crippen LogP contribution >= 0.6 is 11.8 Å². The van der Waals surface area contributed by atoms with Crippen molar-refractivity contribution in [2.24, 2.45) is 0 Å². The highest BCUT2D eigenvalue weighted by atomic mass is 32.2. The molecule has 0 heterocycles. The van der Waals surface area contributed by atoms with E-state index in [9.17, 15) is 4.79 Å². The van der Waals surface area contributed by atoms with Gasteiger partial charge in [-0.2, -0.15) is 0 Å². The van der Waals surface area contributed by atoms with Gasteiger partial charge in [-0.05, 0) is 36.6 Å². The van der Waals surface area contributed by atoms with E-state index in [-0.39, 0.29) is 5.56 Å². The van der Waals surface area contributed by atoms with E-state index in [0.717, 1.165) is 10.6 Å². The fourth-order valence-electron chi connectivity index (χ4n) is 1.77. The number of para-hydroxylation sites is 1. The van der Waals surface area contributed by atoms with Crippen molar-refractivity contribution in [3.8, 4) is 11.5 Å². The van der Waals surface area contributed by atoms with Crippen molar-refractivity contribution < 1.29 is 19.4 Å². The molecule has 0 saturated carbocycles. The number of rotatable bonds is 7. The van der Waals surface area contributed by atoms with E-state index >= 15 is 0 Å². The van der Waals surface area contributed by atoms with E-state index in [0.29, 0.717) is 19.0 Å². The molecule has 1 N–H and O–H groups in total. The van der Waals surface area contributed by atoms with Crippen LogP contribution in [0.4, 0.5) is 0 Å². The number of ether oxygens (including phenoxy) is 2. The first-order chi connectivity index (χ1) is 10.2. The van der Waals surface area contributed by atoms with E-state index in [1.54, 1.807) is 23.9 Å². The Hall–Kier alpha value is -2.14. The predicted octanol–water partition coefficient (Wildman–Crippen LogP) is 3.56. The maximum atomic E-state index is 10.9. The van der Waals surface area contributed by atoms with E-state index < -0.39 is 5.97 Å². The zero-order valence-corrected chi connectivity index (χ0v) is 12.4. The number of carboxylic acids is 1. The summed E-state index contributed by atoms with van der Waals surface area (Å²) < 4.78 is 11.2. The topological polar surface area (TPSA) is 55.8 Å². The molecular formula is C16H16O4S. The monoisotopic (exact) mass is 304 g/mol. The highest BCUT2D eigenvalue weighted by Crippen LogP contribution is 2.26. The number of carboxylic acid groups (broad SMARTS) is 1. The number of hydrogen-bond acceptors (Lipinski definition) is 4. The molecule has 0 bridgehead atoms. The predicted molar refractivity (Wildman–Crippen MR) is 82.6 cm³/mol. The van der Waals surface area contributed by atoms with E-state index in [4.69, 9.17) is 14.6 Å². The average Bonchev–Trinajstić information content (AvgIpc) is 2.52. The lowest BCUT2D eigenvalue weighted by Crippen LogP contribution is -2.09. The summed E-state index contributed by atoms with van der Waals surface area (Å²) in [5.41, 5.74) is 0.209. The van der Waals surface area contributed by atoms with Crippen LogP contribution in [0.5, 0.6) is 11.5 Å². The molecule has 0 saturated heterocycles. The smallest absolute Gasteiger partial charge is 0.335 e. The Morgan fingerprint density at radius 1 is 1.10 bits per heavy atom. The van der Waals surface area contributed by atoms with Gasteiger partial charge in [0.1, 0.15) is 24.7 Å². The normalized spacial score (nSPS) is 10.1. The Labute approximate surface area is 127 Å². The molecule has 110 valence electrons. The van der Waals surface area contributed by atoms with Gasteiger partial charge in [-0.3, -0.25) is 0 Å². The minimum absolute atomic E-state index is 0.209. The van der Waals surface area contributed by atoms with Crippen molar-refractivity contribution in [1.29, 1.82) is 0 Å². The van der Waals surface area contributed by atoms with Crippen LogP contribution in [0.25, 0.3) is 0 Å². The third-order valence-corrected chi connectivity index (χ3v) is 3.54. The lowest BCUT2D eigenvalue weighted by Gasteiger charge is -2.11. The summed E-state index contributed by atoms with van der Waals surface area (Å²) >= 11 is 1.62. The maximum absolute atomic E-state index is 10.9. The molecule has 2 aromatic carbocycles. The van der Waals surface area contributed by atoms with Gasteiger partial charge in [0, 0.05) is 4.90 Å². The standard InChI is InChI=1S/C16H16O4S/c1-21-15-8-3-2-7-14(15)20-10-9-19-13-6-4-5-12(11-13)16(17)18/h2-8,11H,9-10H2,1H3,(H,17,18). The summed E-state index contributed by atoms with van der Waals surface area (Å²) in [7, 11) is 0. The molecule has 0 amide bonds. The molecule has 2 rings (SSSR count). The van der Waals surface area contributed by atoms with Crippen molar-refractivity contribution >= 4 is 17.7 Å². The summed E-state index contributed by atoms with van der Waals surface area (Å²) in [6, 6.07) is 14.2. The van der Waals surface area contributed by atoms with Gasteiger partial charge in [0.2, 0.25) is 0 Å². The maximum Gasteiger partial charge on any atom is 0.335 e. The summed E-state index contributed by atoms with van der Waals surface area (Å²) in [6.07, 6.45) is 2.00. The second kappa shape index (κ2) is 7.59. The lowest BCUT2D eigenvalue weighted by atomic mass is 10.2. The molecular weight excluding hydrogens is 288 g/mol. The largest absolute Gasteiger partial charge is 0.490 e. The summed E-state index contributed by atoms with van der Waals surface area (Å²) in [5.74, 6) is 0.384. The lowest BCUT2D eigenvalue weighted by molar-refractivity contribution is 0.0696. The first-order valence-electron chi connectivity index (χ1n) is 6.42. The highest BCUT2D eigenvalue weighted by Gasteiger charge is 2.04. The second-order valence-electron chi connectivity index (χ2n) is 4.18. The number of carbonyl (C=O) groups is 1. The molecule has 0 atom stereocenters. The van der Waals surface area contributed by atoms with Crippen molar-refractivity contribution in [1.82, 2.24) is 0 Å². The van der Waals surface area contributed by atoms with Crippen LogP contribution in [0.3, 0.4) is 0 Å². The van der Waals surface area contributed by atoms with Crippen LogP contribution in [0, 0.1) is 0 Å². The van der Waals surface area contributed by atoms with E-state index in [1.807, 2.05) is 30.5 Å². The minimum Gasteiger partial charge on any atom is -0.490 e. The zero-order valence-electron chi connectivity index (χ0n) is 11.6. The van der Waals surface area contributed by atoms with Crippen LogP contribution in [-0.4, -0.2) is 30.5 Å². The van der Waals surface area contributed by atoms with Crippen LogP contribution in [-0.2, 0) is 0 Å². The molecule has 0 aliphatic heterocycles. The van der Waals surface area contributed by atoms with Gasteiger partial charge in [-0.1, -0.05) is 18.2 Å². The van der Waals surface area contributed by atoms with Crippen molar-refractivity contribution in [2.75, 3.05) is 19.5 Å².